The van der Waals surface area contributed by atoms with Crippen molar-refractivity contribution in [1.29, 1.82) is 0 Å². The number of aromatic nitrogens is 3. The lowest BCUT2D eigenvalue weighted by atomic mass is 10.1. The maximum atomic E-state index is 5.38. The largest absolute Gasteiger partial charge is 0.337 e. The molecule has 0 bridgehead atoms. The summed E-state index contributed by atoms with van der Waals surface area (Å²) in [6.07, 6.45) is 6.60. The fraction of sp³-hybridized carbons (Fsp3) is 0.143. The highest BCUT2D eigenvalue weighted by atomic mass is 32.1. The molecule has 0 aliphatic rings. The maximum absolute atomic E-state index is 5.38. The Morgan fingerprint density at radius 1 is 1.33 bits per heavy atom. The van der Waals surface area contributed by atoms with Gasteiger partial charge in [-0.15, -0.1) is 0 Å². The van der Waals surface area contributed by atoms with Crippen LogP contribution in [0.15, 0.2) is 42.9 Å². The third kappa shape index (κ3) is 1.66. The smallest absolute Gasteiger partial charge is 0.182 e. The normalized spacial score (nSPS) is 10.9. The summed E-state index contributed by atoms with van der Waals surface area (Å²) in [6.45, 7) is 2.13. The fourth-order valence-electron chi connectivity index (χ4n) is 2.23. The van der Waals surface area contributed by atoms with Crippen molar-refractivity contribution in [2.45, 2.75) is 13.3 Å². The van der Waals surface area contributed by atoms with E-state index < -0.39 is 0 Å². The van der Waals surface area contributed by atoms with Gasteiger partial charge in [-0.25, -0.2) is 0 Å². The quantitative estimate of drug-likeness (QED) is 0.709. The van der Waals surface area contributed by atoms with Crippen LogP contribution < -0.4 is 0 Å². The molecule has 90 valence electrons. The lowest BCUT2D eigenvalue weighted by molar-refractivity contribution is 0.928. The van der Waals surface area contributed by atoms with Gasteiger partial charge in [-0.1, -0.05) is 19.1 Å². The monoisotopic (exact) mass is 255 g/mol. The minimum atomic E-state index is 0.733. The number of nitrogens with one attached hydrogen (secondary N) is 1. The van der Waals surface area contributed by atoms with Crippen molar-refractivity contribution in [2.75, 3.05) is 0 Å². The molecule has 1 aromatic carbocycles. The maximum Gasteiger partial charge on any atom is 0.182 e. The molecule has 0 aliphatic heterocycles. The summed E-state index contributed by atoms with van der Waals surface area (Å²) in [6, 6.07) is 8.21. The molecular weight excluding hydrogens is 242 g/mol. The second-order valence-corrected chi connectivity index (χ2v) is 4.53. The van der Waals surface area contributed by atoms with Gasteiger partial charge in [0.15, 0.2) is 4.77 Å². The van der Waals surface area contributed by atoms with Gasteiger partial charge < -0.3 is 4.98 Å². The molecule has 0 atom stereocenters. The number of aryl methyl sites for hydroxylation is 1. The Morgan fingerprint density at radius 3 is 3.06 bits per heavy atom. The van der Waals surface area contributed by atoms with Gasteiger partial charge in [0.2, 0.25) is 0 Å². The van der Waals surface area contributed by atoms with E-state index in [2.05, 4.69) is 33.6 Å². The van der Waals surface area contributed by atoms with Crippen molar-refractivity contribution >= 4 is 23.0 Å². The highest BCUT2D eigenvalue weighted by Crippen LogP contribution is 2.23. The average molecular weight is 255 g/mol. The van der Waals surface area contributed by atoms with Gasteiger partial charge in [0.05, 0.1) is 5.69 Å². The van der Waals surface area contributed by atoms with Crippen LogP contribution in [0.3, 0.4) is 0 Å². The number of hydrogen-bond donors (Lipinski definition) is 1. The molecule has 0 aliphatic carbocycles. The molecular formula is C14H13N3S. The molecule has 2 aromatic heterocycles. The topological polar surface area (TPSA) is 33.6 Å². The van der Waals surface area contributed by atoms with Gasteiger partial charge in [-0.3, -0.25) is 9.55 Å². The zero-order valence-electron chi connectivity index (χ0n) is 10.1. The van der Waals surface area contributed by atoms with E-state index in [1.807, 2.05) is 30.7 Å². The standard InChI is InChI=1S/C14H13N3S/c1-2-11-9-16-14(18)17(11)13-5-3-4-10-8-15-7-6-12(10)13/h3-9H,2H2,1H3,(H,16,18). The summed E-state index contributed by atoms with van der Waals surface area (Å²) >= 11 is 5.38. The van der Waals surface area contributed by atoms with Crippen LogP contribution in [-0.4, -0.2) is 14.5 Å². The Bertz CT molecular complexity index is 750. The average Bonchev–Trinajstić information content (AvgIpc) is 2.79. The fourth-order valence-corrected chi connectivity index (χ4v) is 2.50. The molecule has 4 heteroatoms. The number of hydrogen-bond acceptors (Lipinski definition) is 2. The first kappa shape index (κ1) is 11.2. The van der Waals surface area contributed by atoms with Gasteiger partial charge in [-0.2, -0.15) is 0 Å². The van der Waals surface area contributed by atoms with Crippen LogP contribution >= 0.6 is 12.2 Å². The highest BCUT2D eigenvalue weighted by molar-refractivity contribution is 7.71. The second-order valence-electron chi connectivity index (χ2n) is 4.15. The van der Waals surface area contributed by atoms with E-state index in [0.29, 0.717) is 0 Å². The number of benzene rings is 1. The van der Waals surface area contributed by atoms with Crippen LogP contribution in [-0.2, 0) is 6.42 Å². The van der Waals surface area contributed by atoms with E-state index in [0.717, 1.165) is 27.7 Å². The lowest BCUT2D eigenvalue weighted by Crippen LogP contribution is -2.00. The number of H-pyrrole nitrogens is 1. The van der Waals surface area contributed by atoms with Crippen LogP contribution in [0, 0.1) is 4.77 Å². The highest BCUT2D eigenvalue weighted by Gasteiger charge is 2.07. The summed E-state index contributed by atoms with van der Waals surface area (Å²) < 4.78 is 2.83. The van der Waals surface area contributed by atoms with E-state index in [1.54, 1.807) is 0 Å². The second kappa shape index (κ2) is 4.38. The molecule has 0 saturated carbocycles. The van der Waals surface area contributed by atoms with Crippen molar-refractivity contribution in [3.8, 4) is 5.69 Å². The molecule has 3 aromatic rings. The van der Waals surface area contributed by atoms with Crippen molar-refractivity contribution in [2.24, 2.45) is 0 Å². The van der Waals surface area contributed by atoms with Crippen molar-refractivity contribution in [3.05, 3.63) is 53.3 Å². The summed E-state index contributed by atoms with van der Waals surface area (Å²) in [5, 5.41) is 2.29. The molecule has 0 fully saturated rings. The first-order valence-electron chi connectivity index (χ1n) is 5.93. The van der Waals surface area contributed by atoms with Gasteiger partial charge in [0.25, 0.3) is 0 Å². The van der Waals surface area contributed by atoms with Gasteiger partial charge in [-0.05, 0) is 30.8 Å². The molecule has 1 N–H and O–H groups in total. The van der Waals surface area contributed by atoms with E-state index >= 15 is 0 Å². The number of fused-ring (bicyclic) bond motifs is 1. The van der Waals surface area contributed by atoms with Gasteiger partial charge >= 0.3 is 0 Å². The van der Waals surface area contributed by atoms with E-state index in [1.165, 1.54) is 5.69 Å². The lowest BCUT2D eigenvalue weighted by Gasteiger charge is -2.10. The molecule has 0 spiro atoms. The number of nitrogens with zero attached hydrogens (tertiary/aromatic N) is 2. The third-order valence-electron chi connectivity index (χ3n) is 3.11. The SMILES string of the molecule is CCc1c[nH]c(=S)n1-c1cccc2cnccc12. The van der Waals surface area contributed by atoms with Crippen LogP contribution in [0.1, 0.15) is 12.6 Å². The number of pyridine rings is 1. The number of rotatable bonds is 2. The van der Waals surface area contributed by atoms with E-state index in [4.69, 9.17) is 12.2 Å². The number of imidazole rings is 1. The Labute approximate surface area is 110 Å². The molecule has 0 unspecified atom stereocenters. The molecule has 2 heterocycles. The van der Waals surface area contributed by atoms with Gasteiger partial charge in [0.1, 0.15) is 0 Å². The zero-order valence-corrected chi connectivity index (χ0v) is 10.9. The van der Waals surface area contributed by atoms with Crippen LogP contribution in [0.2, 0.25) is 0 Å². The summed E-state index contributed by atoms with van der Waals surface area (Å²) in [5.41, 5.74) is 2.29. The Morgan fingerprint density at radius 2 is 2.22 bits per heavy atom. The minimum Gasteiger partial charge on any atom is -0.337 e. The Kier molecular flexibility index (Phi) is 2.72. The number of aromatic amines is 1. The molecule has 0 radical (unpaired) electrons. The van der Waals surface area contributed by atoms with Crippen LogP contribution in [0.5, 0.6) is 0 Å². The summed E-state index contributed by atoms with van der Waals surface area (Å²) in [5.74, 6) is 0. The molecule has 18 heavy (non-hydrogen) atoms. The first-order valence-corrected chi connectivity index (χ1v) is 6.34. The van der Waals surface area contributed by atoms with Crippen LogP contribution in [0.4, 0.5) is 0 Å². The van der Waals surface area contributed by atoms with E-state index in [9.17, 15) is 0 Å². The molecule has 3 nitrogen and oxygen atoms in total. The minimum absolute atomic E-state index is 0.733. The first-order chi connectivity index (χ1) is 8.81. The van der Waals surface area contributed by atoms with Crippen molar-refractivity contribution in [1.82, 2.24) is 14.5 Å². The molecule has 0 amide bonds. The van der Waals surface area contributed by atoms with Gasteiger partial charge in [0, 0.05) is 35.1 Å². The Hall–Kier alpha value is -1.94. The predicted molar refractivity (Wildman–Crippen MR) is 75.6 cm³/mol. The van der Waals surface area contributed by atoms with Crippen LogP contribution in [0.25, 0.3) is 16.5 Å². The van der Waals surface area contributed by atoms with Crippen molar-refractivity contribution in [3.63, 3.8) is 0 Å². The Balaban J connectivity index is 2.38. The summed E-state index contributed by atoms with van der Waals surface area (Å²) in [4.78, 5) is 7.27. The predicted octanol–water partition coefficient (Wildman–Crippen LogP) is 3.65. The third-order valence-corrected chi connectivity index (χ3v) is 3.41. The zero-order chi connectivity index (χ0) is 12.5. The summed E-state index contributed by atoms with van der Waals surface area (Å²) in [7, 11) is 0. The molecule has 3 rings (SSSR count). The molecule has 0 saturated heterocycles. The van der Waals surface area contributed by atoms with E-state index in [-0.39, 0.29) is 0 Å². The van der Waals surface area contributed by atoms with Crippen molar-refractivity contribution < 1.29 is 0 Å².